The quantitative estimate of drug-likeness (QED) is 0.861. The molecule has 1 saturated heterocycles. The van der Waals surface area contributed by atoms with Gasteiger partial charge in [0, 0.05) is 32.4 Å². The zero-order valence-corrected chi connectivity index (χ0v) is 12.8. The van der Waals surface area contributed by atoms with Gasteiger partial charge in [-0.1, -0.05) is 6.42 Å². The number of rotatable bonds is 2. The van der Waals surface area contributed by atoms with Crippen molar-refractivity contribution in [2.24, 2.45) is 24.6 Å². The molecule has 0 spiro atoms. The first-order chi connectivity index (χ1) is 9.39. The maximum atomic E-state index is 12.7. The average molecular weight is 298 g/mol. The van der Waals surface area contributed by atoms with Gasteiger partial charge >= 0.3 is 0 Å². The molecule has 1 aromatic heterocycles. The van der Waals surface area contributed by atoms with Gasteiger partial charge in [-0.25, -0.2) is 13.4 Å². The van der Waals surface area contributed by atoms with Gasteiger partial charge in [0.2, 0.25) is 0 Å². The number of nitrogens with zero attached hydrogens (tertiary/aromatic N) is 3. The second kappa shape index (κ2) is 4.82. The summed E-state index contributed by atoms with van der Waals surface area (Å²) in [6.07, 6.45) is 4.80. The fraction of sp³-hybridized carbons (Fsp3) is 0.769. The minimum atomic E-state index is -3.48. The molecule has 0 bridgehead atoms. The third kappa shape index (κ3) is 2.17. The van der Waals surface area contributed by atoms with Gasteiger partial charge in [-0.15, -0.1) is 0 Å². The van der Waals surface area contributed by atoms with Crippen molar-refractivity contribution in [1.29, 1.82) is 0 Å². The summed E-state index contributed by atoms with van der Waals surface area (Å²) in [5.74, 6) is 1.43. The Morgan fingerprint density at radius 3 is 2.70 bits per heavy atom. The number of fused-ring (bicyclic) bond motifs is 1. The predicted octanol–water partition coefficient (Wildman–Crippen LogP) is 0.476. The zero-order valence-electron chi connectivity index (χ0n) is 12.0. The Hall–Kier alpha value is -0.920. The third-order valence-electron chi connectivity index (χ3n) is 4.81. The molecule has 3 rings (SSSR count). The number of nitrogens with two attached hydrogens (primary N) is 1. The van der Waals surface area contributed by atoms with Gasteiger partial charge in [0.05, 0.1) is 0 Å². The highest BCUT2D eigenvalue weighted by Crippen LogP contribution is 2.37. The second-order valence-electron chi connectivity index (χ2n) is 6.08. The molecular weight excluding hydrogens is 276 g/mol. The van der Waals surface area contributed by atoms with Gasteiger partial charge in [0.25, 0.3) is 10.0 Å². The van der Waals surface area contributed by atoms with E-state index in [2.05, 4.69) is 4.98 Å². The lowest BCUT2D eigenvalue weighted by Gasteiger charge is -2.29. The van der Waals surface area contributed by atoms with Crippen LogP contribution in [0.5, 0.6) is 0 Å². The van der Waals surface area contributed by atoms with Crippen molar-refractivity contribution in [3.63, 3.8) is 0 Å². The monoisotopic (exact) mass is 298 g/mol. The highest BCUT2D eigenvalue weighted by atomic mass is 32.2. The molecule has 20 heavy (non-hydrogen) atoms. The van der Waals surface area contributed by atoms with Crippen molar-refractivity contribution in [3.05, 3.63) is 12.0 Å². The lowest BCUT2D eigenvalue weighted by atomic mass is 9.78. The van der Waals surface area contributed by atoms with Crippen molar-refractivity contribution in [1.82, 2.24) is 13.9 Å². The molecule has 3 atom stereocenters. The standard InChI is InChI=1S/C13H22N4O2S/c1-9-15-13(8-16(9)2)20(18,19)17-6-10-4-3-5-12(14)11(10)7-17/h8,10-12H,3-7,14H2,1-2H3. The van der Waals surface area contributed by atoms with E-state index in [0.29, 0.717) is 30.7 Å². The van der Waals surface area contributed by atoms with E-state index in [4.69, 9.17) is 5.73 Å². The van der Waals surface area contributed by atoms with Crippen molar-refractivity contribution < 1.29 is 8.42 Å². The number of aromatic nitrogens is 2. The Morgan fingerprint density at radius 1 is 1.35 bits per heavy atom. The summed E-state index contributed by atoms with van der Waals surface area (Å²) < 4.78 is 28.6. The van der Waals surface area contributed by atoms with E-state index in [0.717, 1.165) is 19.3 Å². The Bertz CT molecular complexity index is 590. The predicted molar refractivity (Wildman–Crippen MR) is 75.5 cm³/mol. The molecule has 7 heteroatoms. The Kier molecular flexibility index (Phi) is 3.38. The summed E-state index contributed by atoms with van der Waals surface area (Å²) in [6, 6.07) is 0.138. The van der Waals surface area contributed by atoms with Gasteiger partial charge < -0.3 is 10.3 Å². The van der Waals surface area contributed by atoms with Crippen LogP contribution < -0.4 is 5.73 Å². The van der Waals surface area contributed by atoms with Crippen molar-refractivity contribution in [2.75, 3.05) is 13.1 Å². The van der Waals surface area contributed by atoms with Crippen LogP contribution in [0.2, 0.25) is 0 Å². The summed E-state index contributed by atoms with van der Waals surface area (Å²) in [6.45, 7) is 2.94. The number of sulfonamides is 1. The van der Waals surface area contributed by atoms with E-state index in [-0.39, 0.29) is 11.1 Å². The van der Waals surface area contributed by atoms with E-state index in [1.165, 1.54) is 0 Å². The van der Waals surface area contributed by atoms with Crippen LogP contribution in [0.1, 0.15) is 25.1 Å². The Morgan fingerprint density at radius 2 is 2.10 bits per heavy atom. The molecular formula is C13H22N4O2S. The SMILES string of the molecule is Cc1nc(S(=O)(=O)N2CC3CCCC(N)C3C2)cn1C. The summed E-state index contributed by atoms with van der Waals surface area (Å²) in [4.78, 5) is 4.16. The van der Waals surface area contributed by atoms with Crippen LogP contribution in [0.25, 0.3) is 0 Å². The fourth-order valence-corrected chi connectivity index (χ4v) is 5.01. The minimum absolute atomic E-state index is 0.138. The average Bonchev–Trinajstić information content (AvgIpc) is 2.96. The van der Waals surface area contributed by atoms with Crippen molar-refractivity contribution >= 4 is 10.0 Å². The largest absolute Gasteiger partial charge is 0.337 e. The Balaban J connectivity index is 1.86. The number of hydrogen-bond donors (Lipinski definition) is 1. The molecule has 1 aliphatic carbocycles. The summed E-state index contributed by atoms with van der Waals surface area (Å²) in [7, 11) is -1.67. The van der Waals surface area contributed by atoms with Gasteiger partial charge in [-0.05, 0) is 31.6 Å². The molecule has 1 saturated carbocycles. The van der Waals surface area contributed by atoms with Gasteiger partial charge in [0.1, 0.15) is 5.82 Å². The zero-order chi connectivity index (χ0) is 14.5. The number of hydrogen-bond acceptors (Lipinski definition) is 4. The van der Waals surface area contributed by atoms with E-state index in [1.807, 2.05) is 0 Å². The van der Waals surface area contributed by atoms with Crippen LogP contribution in [0.15, 0.2) is 11.2 Å². The molecule has 1 aliphatic heterocycles. The molecule has 2 aliphatic rings. The minimum Gasteiger partial charge on any atom is -0.337 e. The van der Waals surface area contributed by atoms with Crippen LogP contribution in [-0.2, 0) is 17.1 Å². The molecule has 2 N–H and O–H groups in total. The first kappa shape index (κ1) is 14.0. The molecule has 2 fully saturated rings. The van der Waals surface area contributed by atoms with Crippen LogP contribution in [0.3, 0.4) is 0 Å². The molecule has 0 aromatic carbocycles. The fourth-order valence-electron chi connectivity index (χ4n) is 3.45. The third-order valence-corrected chi connectivity index (χ3v) is 6.51. The molecule has 3 unspecified atom stereocenters. The van der Waals surface area contributed by atoms with Crippen molar-refractivity contribution in [2.45, 2.75) is 37.3 Å². The van der Waals surface area contributed by atoms with Gasteiger partial charge in [0.15, 0.2) is 5.03 Å². The first-order valence-electron chi connectivity index (χ1n) is 7.15. The highest BCUT2D eigenvalue weighted by Gasteiger charge is 2.43. The molecule has 6 nitrogen and oxygen atoms in total. The molecule has 2 heterocycles. The van der Waals surface area contributed by atoms with E-state index < -0.39 is 10.0 Å². The van der Waals surface area contributed by atoms with E-state index in [1.54, 1.807) is 29.0 Å². The number of imidazole rings is 1. The smallest absolute Gasteiger partial charge is 0.262 e. The molecule has 112 valence electrons. The van der Waals surface area contributed by atoms with Crippen LogP contribution in [0.4, 0.5) is 0 Å². The van der Waals surface area contributed by atoms with Gasteiger partial charge in [-0.2, -0.15) is 4.31 Å². The summed E-state index contributed by atoms with van der Waals surface area (Å²) in [5.41, 5.74) is 6.15. The van der Waals surface area contributed by atoms with Crippen molar-refractivity contribution in [3.8, 4) is 0 Å². The highest BCUT2D eigenvalue weighted by molar-refractivity contribution is 7.89. The number of aryl methyl sites for hydroxylation is 2. The van der Waals surface area contributed by atoms with Crippen LogP contribution in [0, 0.1) is 18.8 Å². The molecule has 0 radical (unpaired) electrons. The normalized spacial score (nSPS) is 31.4. The second-order valence-corrected chi connectivity index (χ2v) is 7.96. The molecule has 0 amide bonds. The lowest BCUT2D eigenvalue weighted by Crippen LogP contribution is -2.38. The Labute approximate surface area is 120 Å². The summed E-state index contributed by atoms with van der Waals surface area (Å²) >= 11 is 0. The maximum Gasteiger partial charge on any atom is 0.262 e. The first-order valence-corrected chi connectivity index (χ1v) is 8.59. The van der Waals surface area contributed by atoms with Crippen LogP contribution >= 0.6 is 0 Å². The topological polar surface area (TPSA) is 81.2 Å². The van der Waals surface area contributed by atoms with Gasteiger partial charge in [-0.3, -0.25) is 0 Å². The molecule has 1 aromatic rings. The van der Waals surface area contributed by atoms with E-state index in [9.17, 15) is 8.42 Å². The lowest BCUT2D eigenvalue weighted by molar-refractivity contribution is 0.260. The van der Waals surface area contributed by atoms with E-state index >= 15 is 0 Å². The van der Waals surface area contributed by atoms with Crippen LogP contribution in [-0.4, -0.2) is 41.4 Å². The summed E-state index contributed by atoms with van der Waals surface area (Å²) in [5, 5.41) is 0.157. The maximum absolute atomic E-state index is 12.7.